The maximum Gasteiger partial charge on any atom is 0.242 e. The molecule has 0 radical (unpaired) electrons. The second-order valence-corrected chi connectivity index (χ2v) is 9.66. The average molecular weight is 488 g/mol. The lowest BCUT2D eigenvalue weighted by atomic mass is 10.1. The van der Waals surface area contributed by atoms with Crippen molar-refractivity contribution in [3.63, 3.8) is 0 Å². The Balaban J connectivity index is 1.48. The van der Waals surface area contributed by atoms with Crippen LogP contribution in [-0.4, -0.2) is 40.8 Å². The van der Waals surface area contributed by atoms with Crippen LogP contribution in [0.4, 0.5) is 11.4 Å². The number of aliphatic imine (C=N–C) groups is 1. The molecule has 2 amide bonds. The van der Waals surface area contributed by atoms with Crippen molar-refractivity contribution in [2.45, 2.75) is 31.9 Å². The number of hydrogen-bond donors (Lipinski definition) is 1. The Hall–Kier alpha value is -3.58. The van der Waals surface area contributed by atoms with Gasteiger partial charge in [-0.1, -0.05) is 59.8 Å². The molecule has 1 saturated heterocycles. The summed E-state index contributed by atoms with van der Waals surface area (Å²) in [6.07, 6.45) is 0.759. The fourth-order valence-electron chi connectivity index (χ4n) is 3.90. The molecule has 1 heterocycles. The molecule has 0 spiro atoms. The first-order valence-corrected chi connectivity index (χ1v) is 12.4. The van der Waals surface area contributed by atoms with Crippen LogP contribution in [0.25, 0.3) is 0 Å². The number of thioether (sulfide) groups is 1. The summed E-state index contributed by atoms with van der Waals surface area (Å²) in [6.45, 7) is 4.46. The number of benzene rings is 3. The first-order valence-electron chi connectivity index (χ1n) is 11.5. The molecule has 3 aromatic carbocycles. The number of anilines is 1. The first kappa shape index (κ1) is 24.5. The van der Waals surface area contributed by atoms with Crippen molar-refractivity contribution in [3.05, 3.63) is 89.5 Å². The number of carbonyl (C=O) groups is 2. The minimum atomic E-state index is -0.515. The zero-order chi connectivity index (χ0) is 24.8. The highest BCUT2D eigenvalue weighted by atomic mass is 32.2. The standard InChI is InChI=1S/C28H29N3O3S/c1-19-9-14-24(20(2)17-19)30-26(32)18-25-27(33)31(16-15-21-10-12-23(34-3)13-11-21)28(35-25)29-22-7-5-4-6-8-22/h4-14,17,25H,15-16,18H2,1-3H3,(H,30,32). The topological polar surface area (TPSA) is 71.0 Å². The van der Waals surface area contributed by atoms with E-state index in [0.29, 0.717) is 18.1 Å². The van der Waals surface area contributed by atoms with Gasteiger partial charge in [0.25, 0.3) is 0 Å². The van der Waals surface area contributed by atoms with Crippen LogP contribution in [0.3, 0.4) is 0 Å². The molecular formula is C28H29N3O3S. The second-order valence-electron chi connectivity index (χ2n) is 8.50. The van der Waals surface area contributed by atoms with Gasteiger partial charge in [0.05, 0.1) is 12.8 Å². The molecule has 4 rings (SSSR count). The number of amides is 2. The van der Waals surface area contributed by atoms with E-state index in [0.717, 1.165) is 33.8 Å². The predicted octanol–water partition coefficient (Wildman–Crippen LogP) is 5.52. The number of nitrogens with one attached hydrogen (secondary N) is 1. The normalized spacial score (nSPS) is 16.5. The van der Waals surface area contributed by atoms with E-state index in [2.05, 4.69) is 5.32 Å². The third-order valence-electron chi connectivity index (χ3n) is 5.81. The highest BCUT2D eigenvalue weighted by molar-refractivity contribution is 8.15. The van der Waals surface area contributed by atoms with Crippen LogP contribution in [0.2, 0.25) is 0 Å². The molecule has 1 aliphatic heterocycles. The van der Waals surface area contributed by atoms with Gasteiger partial charge in [-0.15, -0.1) is 0 Å². The van der Waals surface area contributed by atoms with Crippen molar-refractivity contribution in [2.75, 3.05) is 19.0 Å². The molecular weight excluding hydrogens is 458 g/mol. The predicted molar refractivity (Wildman–Crippen MR) is 142 cm³/mol. The fourth-order valence-corrected chi connectivity index (χ4v) is 5.08. The molecule has 0 bridgehead atoms. The molecule has 0 aliphatic carbocycles. The maximum atomic E-state index is 13.4. The van der Waals surface area contributed by atoms with E-state index in [4.69, 9.17) is 9.73 Å². The number of ether oxygens (including phenoxy) is 1. The zero-order valence-corrected chi connectivity index (χ0v) is 21.0. The van der Waals surface area contributed by atoms with Gasteiger partial charge >= 0.3 is 0 Å². The number of rotatable bonds is 8. The molecule has 3 aromatic rings. The summed E-state index contributed by atoms with van der Waals surface area (Å²) >= 11 is 1.35. The van der Waals surface area contributed by atoms with Crippen LogP contribution in [0.1, 0.15) is 23.1 Å². The number of hydrogen-bond acceptors (Lipinski definition) is 5. The summed E-state index contributed by atoms with van der Waals surface area (Å²) in [6, 6.07) is 23.3. The van der Waals surface area contributed by atoms with E-state index >= 15 is 0 Å². The van der Waals surface area contributed by atoms with Gasteiger partial charge in [-0.25, -0.2) is 4.99 Å². The Labute approximate surface area is 210 Å². The van der Waals surface area contributed by atoms with E-state index in [1.165, 1.54) is 11.8 Å². The van der Waals surface area contributed by atoms with Gasteiger partial charge in [0.2, 0.25) is 11.8 Å². The number of methoxy groups -OCH3 is 1. The zero-order valence-electron chi connectivity index (χ0n) is 20.2. The van der Waals surface area contributed by atoms with Crippen molar-refractivity contribution >= 4 is 40.1 Å². The third-order valence-corrected chi connectivity index (χ3v) is 6.99. The van der Waals surface area contributed by atoms with Gasteiger partial charge < -0.3 is 10.1 Å². The molecule has 35 heavy (non-hydrogen) atoms. The summed E-state index contributed by atoms with van der Waals surface area (Å²) in [5.74, 6) is 0.524. The number of amidine groups is 1. The van der Waals surface area contributed by atoms with Gasteiger partial charge in [0, 0.05) is 18.7 Å². The third kappa shape index (κ3) is 6.31. The van der Waals surface area contributed by atoms with E-state index in [1.54, 1.807) is 12.0 Å². The van der Waals surface area contributed by atoms with E-state index in [1.807, 2.05) is 86.6 Å². The molecule has 1 atom stereocenters. The average Bonchev–Trinajstić information content (AvgIpc) is 3.14. The molecule has 1 N–H and O–H groups in total. The smallest absolute Gasteiger partial charge is 0.242 e. The molecule has 1 fully saturated rings. The summed E-state index contributed by atoms with van der Waals surface area (Å²) in [5.41, 5.74) is 4.77. The molecule has 6 nitrogen and oxygen atoms in total. The lowest BCUT2D eigenvalue weighted by molar-refractivity contribution is -0.128. The molecule has 7 heteroatoms. The largest absolute Gasteiger partial charge is 0.497 e. The minimum absolute atomic E-state index is 0.0870. The van der Waals surface area contributed by atoms with Crippen molar-refractivity contribution in [1.82, 2.24) is 4.90 Å². The second kappa shape index (κ2) is 11.2. The molecule has 0 saturated carbocycles. The maximum absolute atomic E-state index is 13.4. The van der Waals surface area contributed by atoms with Crippen molar-refractivity contribution in [2.24, 2.45) is 4.99 Å². The molecule has 180 valence electrons. The lowest BCUT2D eigenvalue weighted by Crippen LogP contribution is -2.35. The van der Waals surface area contributed by atoms with Gasteiger partial charge in [-0.3, -0.25) is 14.5 Å². The van der Waals surface area contributed by atoms with Crippen LogP contribution >= 0.6 is 11.8 Å². The quantitative estimate of drug-likeness (QED) is 0.455. The Bertz CT molecular complexity index is 1230. The Morgan fingerprint density at radius 3 is 2.49 bits per heavy atom. The van der Waals surface area contributed by atoms with Crippen LogP contribution in [-0.2, 0) is 16.0 Å². The summed E-state index contributed by atoms with van der Waals surface area (Å²) in [4.78, 5) is 32.6. The Kier molecular flexibility index (Phi) is 7.87. The van der Waals surface area contributed by atoms with Crippen LogP contribution in [0, 0.1) is 13.8 Å². The fraction of sp³-hybridized carbons (Fsp3) is 0.250. The highest BCUT2D eigenvalue weighted by Crippen LogP contribution is 2.32. The summed E-state index contributed by atoms with van der Waals surface area (Å²) in [5, 5.41) is 3.07. The van der Waals surface area contributed by atoms with Gasteiger partial charge in [0.1, 0.15) is 11.0 Å². The first-order chi connectivity index (χ1) is 16.9. The molecule has 0 aromatic heterocycles. The molecule has 1 aliphatic rings. The molecule has 1 unspecified atom stereocenters. The van der Waals surface area contributed by atoms with Gasteiger partial charge in [-0.05, 0) is 61.7 Å². The van der Waals surface area contributed by atoms with Crippen molar-refractivity contribution in [3.8, 4) is 5.75 Å². The minimum Gasteiger partial charge on any atom is -0.497 e. The number of carbonyl (C=O) groups excluding carboxylic acids is 2. The summed E-state index contributed by atoms with van der Waals surface area (Å²) in [7, 11) is 1.64. The van der Waals surface area contributed by atoms with Gasteiger partial charge in [-0.2, -0.15) is 0 Å². The highest BCUT2D eigenvalue weighted by Gasteiger charge is 2.39. The Morgan fingerprint density at radius 2 is 1.80 bits per heavy atom. The van der Waals surface area contributed by atoms with Crippen LogP contribution in [0.15, 0.2) is 77.8 Å². The SMILES string of the molecule is COc1ccc(CCN2C(=O)C(CC(=O)Nc3ccc(C)cc3C)SC2=Nc2ccccc2)cc1. The van der Waals surface area contributed by atoms with Crippen LogP contribution < -0.4 is 10.1 Å². The number of para-hydroxylation sites is 1. The monoisotopic (exact) mass is 487 g/mol. The van der Waals surface area contributed by atoms with Crippen molar-refractivity contribution < 1.29 is 14.3 Å². The Morgan fingerprint density at radius 1 is 1.06 bits per heavy atom. The van der Waals surface area contributed by atoms with E-state index in [9.17, 15) is 9.59 Å². The lowest BCUT2D eigenvalue weighted by Gasteiger charge is -2.17. The van der Waals surface area contributed by atoms with E-state index < -0.39 is 5.25 Å². The summed E-state index contributed by atoms with van der Waals surface area (Å²) < 4.78 is 5.23. The van der Waals surface area contributed by atoms with Gasteiger partial charge in [0.15, 0.2) is 5.17 Å². The number of aryl methyl sites for hydroxylation is 2. The number of nitrogens with zero attached hydrogens (tertiary/aromatic N) is 2. The van der Waals surface area contributed by atoms with Crippen molar-refractivity contribution in [1.29, 1.82) is 0 Å². The van der Waals surface area contributed by atoms with Crippen LogP contribution in [0.5, 0.6) is 5.75 Å². The van der Waals surface area contributed by atoms with E-state index in [-0.39, 0.29) is 18.2 Å².